The van der Waals surface area contributed by atoms with Gasteiger partial charge in [-0.3, -0.25) is 24.6 Å². The number of carbonyl (C=O) groups is 2. The Morgan fingerprint density at radius 3 is 2.76 bits per heavy atom. The number of nitrogens with one attached hydrogen (secondary N) is 1. The van der Waals surface area contributed by atoms with Gasteiger partial charge in [0.25, 0.3) is 0 Å². The van der Waals surface area contributed by atoms with Crippen LogP contribution < -0.4 is 5.32 Å². The minimum absolute atomic E-state index is 0.0735. The van der Waals surface area contributed by atoms with Crippen LogP contribution in [0.3, 0.4) is 0 Å². The Bertz CT molecular complexity index is 894. The van der Waals surface area contributed by atoms with Crippen molar-refractivity contribution in [2.45, 2.75) is 56.9 Å². The van der Waals surface area contributed by atoms with E-state index in [0.717, 1.165) is 5.01 Å². The molecule has 0 saturated carbocycles. The van der Waals surface area contributed by atoms with Crippen molar-refractivity contribution in [2.24, 2.45) is 32.8 Å². The largest absolute Gasteiger partial charge is 0.407 e. The minimum atomic E-state index is -4.39. The number of aliphatic hydroxyl groups excluding tert-OH is 1. The van der Waals surface area contributed by atoms with Gasteiger partial charge in [-0.15, -0.1) is 0 Å². The molecular formula is C21H29F3N6O4. The molecule has 7 atom stereocenters. The maximum absolute atomic E-state index is 13.2. The lowest BCUT2D eigenvalue weighted by atomic mass is 9.81. The quantitative estimate of drug-likeness (QED) is 0.564. The van der Waals surface area contributed by atoms with Crippen LogP contribution in [0.15, 0.2) is 15.1 Å². The zero-order valence-electron chi connectivity index (χ0n) is 19.0. The fraction of sp³-hybridized carbons (Fsp3) is 0.762. The highest BCUT2D eigenvalue weighted by molar-refractivity contribution is 6.13. The van der Waals surface area contributed by atoms with Crippen LogP contribution in [0, 0.1) is 17.8 Å². The van der Waals surface area contributed by atoms with E-state index in [4.69, 9.17) is 9.73 Å². The van der Waals surface area contributed by atoms with E-state index in [1.54, 1.807) is 13.1 Å². The van der Waals surface area contributed by atoms with Crippen LogP contribution in [-0.4, -0.2) is 102 Å². The predicted molar refractivity (Wildman–Crippen MR) is 116 cm³/mol. The SMILES string of the molecule is CCNC(=O)C1CC(C2CCC3C(=O)N(C4C=NN(CC(F)(F)F)C4)C(OC)C3=N2)C=NC1O. The Hall–Kier alpha value is -2.54. The molecule has 4 heterocycles. The Labute approximate surface area is 194 Å². The maximum Gasteiger partial charge on any atom is 0.407 e. The van der Waals surface area contributed by atoms with Crippen molar-refractivity contribution in [1.29, 1.82) is 0 Å². The first-order chi connectivity index (χ1) is 16.1. The molecule has 2 amide bonds. The Balaban J connectivity index is 1.50. The van der Waals surface area contributed by atoms with E-state index in [2.05, 4.69) is 15.4 Å². The van der Waals surface area contributed by atoms with Crippen molar-refractivity contribution in [1.82, 2.24) is 15.2 Å². The van der Waals surface area contributed by atoms with E-state index in [-0.39, 0.29) is 30.3 Å². The number of nitrogens with zero attached hydrogens (tertiary/aromatic N) is 5. The van der Waals surface area contributed by atoms with Crippen LogP contribution in [0.1, 0.15) is 26.2 Å². The molecule has 0 aromatic carbocycles. The number of amides is 2. The third-order valence-electron chi connectivity index (χ3n) is 6.72. The van der Waals surface area contributed by atoms with Gasteiger partial charge in [0.2, 0.25) is 11.8 Å². The van der Waals surface area contributed by atoms with Gasteiger partial charge in [-0.1, -0.05) is 0 Å². The van der Waals surface area contributed by atoms with Crippen molar-refractivity contribution in [2.75, 3.05) is 26.7 Å². The molecular weight excluding hydrogens is 457 g/mol. The molecule has 0 bridgehead atoms. The van der Waals surface area contributed by atoms with Crippen molar-refractivity contribution in [3.63, 3.8) is 0 Å². The van der Waals surface area contributed by atoms with Crippen LogP contribution in [0.25, 0.3) is 0 Å². The molecule has 4 rings (SSSR count). The Kier molecular flexibility index (Phi) is 6.94. The number of aliphatic imine (C=N–C) groups is 2. The highest BCUT2D eigenvalue weighted by Gasteiger charge is 2.51. The summed E-state index contributed by atoms with van der Waals surface area (Å²) >= 11 is 0. The van der Waals surface area contributed by atoms with E-state index >= 15 is 0 Å². The van der Waals surface area contributed by atoms with Crippen LogP contribution in [-0.2, 0) is 14.3 Å². The first kappa shape index (κ1) is 24.6. The molecule has 13 heteroatoms. The van der Waals surface area contributed by atoms with Gasteiger partial charge in [-0.2, -0.15) is 18.3 Å². The summed E-state index contributed by atoms with van der Waals surface area (Å²) < 4.78 is 43.8. The van der Waals surface area contributed by atoms with Gasteiger partial charge in [-0.25, -0.2) is 0 Å². The van der Waals surface area contributed by atoms with E-state index in [9.17, 15) is 27.9 Å². The lowest BCUT2D eigenvalue weighted by Crippen LogP contribution is -2.48. The van der Waals surface area contributed by atoms with Crippen LogP contribution in [0.4, 0.5) is 13.2 Å². The third-order valence-corrected chi connectivity index (χ3v) is 6.72. The molecule has 1 saturated heterocycles. The molecule has 0 aromatic heterocycles. The molecule has 4 aliphatic rings. The van der Waals surface area contributed by atoms with Crippen LogP contribution >= 0.6 is 0 Å². The second-order valence-corrected chi connectivity index (χ2v) is 8.99. The fourth-order valence-corrected chi connectivity index (χ4v) is 5.17. The van der Waals surface area contributed by atoms with Gasteiger partial charge < -0.3 is 20.1 Å². The van der Waals surface area contributed by atoms with Crippen molar-refractivity contribution in [3.8, 4) is 0 Å². The topological polar surface area (TPSA) is 119 Å². The van der Waals surface area contributed by atoms with Crippen molar-refractivity contribution >= 4 is 30.0 Å². The van der Waals surface area contributed by atoms with Gasteiger partial charge in [0.15, 0.2) is 12.5 Å². The van der Waals surface area contributed by atoms with E-state index in [0.29, 0.717) is 31.5 Å². The molecule has 188 valence electrons. The molecule has 1 fully saturated rings. The molecule has 2 N–H and O–H groups in total. The number of likely N-dealkylation sites (tertiary alicyclic amines) is 1. The first-order valence-electron chi connectivity index (χ1n) is 11.4. The van der Waals surface area contributed by atoms with Gasteiger partial charge in [0.1, 0.15) is 6.54 Å². The first-order valence-corrected chi connectivity index (χ1v) is 11.4. The number of methoxy groups -OCH3 is 1. The fourth-order valence-electron chi connectivity index (χ4n) is 5.17. The number of hydrazone groups is 1. The van der Waals surface area contributed by atoms with E-state index in [1.165, 1.54) is 18.2 Å². The Morgan fingerprint density at radius 1 is 1.32 bits per heavy atom. The maximum atomic E-state index is 13.2. The van der Waals surface area contributed by atoms with Gasteiger partial charge in [-0.05, 0) is 26.2 Å². The summed E-state index contributed by atoms with van der Waals surface area (Å²) in [6, 6.07) is -0.899. The monoisotopic (exact) mass is 486 g/mol. The lowest BCUT2D eigenvalue weighted by molar-refractivity contribution is -0.147. The van der Waals surface area contributed by atoms with Gasteiger partial charge in [0, 0.05) is 32.0 Å². The summed E-state index contributed by atoms with van der Waals surface area (Å²) in [7, 11) is 1.43. The molecule has 0 spiro atoms. The number of carbonyl (C=O) groups excluding carboxylic acids is 2. The van der Waals surface area contributed by atoms with E-state index in [1.807, 2.05) is 0 Å². The highest BCUT2D eigenvalue weighted by Crippen LogP contribution is 2.37. The van der Waals surface area contributed by atoms with Crippen LogP contribution in [0.2, 0.25) is 0 Å². The molecule has 10 nitrogen and oxygen atoms in total. The number of halogens is 3. The van der Waals surface area contributed by atoms with Gasteiger partial charge in [0.05, 0.1) is 36.2 Å². The number of hydrogen-bond donors (Lipinski definition) is 2. The summed E-state index contributed by atoms with van der Waals surface area (Å²) in [5, 5.41) is 17.6. The molecule has 7 unspecified atom stereocenters. The summed E-state index contributed by atoms with van der Waals surface area (Å²) in [4.78, 5) is 35.9. The minimum Gasteiger partial charge on any atom is -0.371 e. The average molecular weight is 486 g/mol. The number of rotatable bonds is 6. The van der Waals surface area contributed by atoms with Crippen molar-refractivity contribution in [3.05, 3.63) is 0 Å². The molecule has 0 radical (unpaired) electrons. The molecule has 34 heavy (non-hydrogen) atoms. The zero-order chi connectivity index (χ0) is 24.6. The number of ether oxygens (including phenoxy) is 1. The predicted octanol–water partition coefficient (Wildman–Crippen LogP) is 0.414. The van der Waals surface area contributed by atoms with Gasteiger partial charge >= 0.3 is 6.18 Å². The normalized spacial score (nSPS) is 35.5. The average Bonchev–Trinajstić information content (AvgIpc) is 3.34. The summed E-state index contributed by atoms with van der Waals surface area (Å²) in [5.74, 6) is -1.87. The third kappa shape index (κ3) is 4.81. The highest BCUT2D eigenvalue weighted by atomic mass is 19.4. The second-order valence-electron chi connectivity index (χ2n) is 8.99. The smallest absolute Gasteiger partial charge is 0.371 e. The van der Waals surface area contributed by atoms with Crippen molar-refractivity contribution < 1.29 is 32.6 Å². The number of fused-ring (bicyclic) bond motifs is 1. The number of hydrogen-bond acceptors (Lipinski definition) is 8. The Morgan fingerprint density at radius 2 is 2.09 bits per heavy atom. The molecule has 0 aromatic rings. The molecule has 4 aliphatic heterocycles. The zero-order valence-corrected chi connectivity index (χ0v) is 19.0. The molecule has 0 aliphatic carbocycles. The summed E-state index contributed by atoms with van der Waals surface area (Å²) in [6.07, 6.45) is -1.86. The van der Waals surface area contributed by atoms with E-state index < -0.39 is 43.1 Å². The standard InChI is InChI=1S/C21H29F3N6O4/c1-3-25-17(31)14-6-11(7-26-18(14)32)15-5-4-13-16(28-15)20(34-2)30(19(13)33)12-8-27-29(9-12)10-21(22,23)24/h7-8,11-15,18,20,32H,3-6,9-10H2,1-2H3,(H,25,31). The van der Waals surface area contributed by atoms with Crippen LogP contribution in [0.5, 0.6) is 0 Å². The lowest BCUT2D eigenvalue weighted by Gasteiger charge is -2.33. The summed E-state index contributed by atoms with van der Waals surface area (Å²) in [5.41, 5.74) is 0.542. The summed E-state index contributed by atoms with van der Waals surface area (Å²) in [6.45, 7) is 0.982. The number of aliphatic hydroxyl groups is 1. The second kappa shape index (κ2) is 9.61. The number of alkyl halides is 3.